The summed E-state index contributed by atoms with van der Waals surface area (Å²) in [4.78, 5) is 31.0. The molecule has 3 aromatic rings. The first-order valence-electron chi connectivity index (χ1n) is 8.80. The van der Waals surface area contributed by atoms with E-state index in [1.54, 1.807) is 23.8 Å². The number of nitrogens with zero attached hydrogens (tertiary/aromatic N) is 4. The Labute approximate surface area is 160 Å². The molecule has 0 radical (unpaired) electrons. The van der Waals surface area contributed by atoms with Gasteiger partial charge < -0.3 is 10.2 Å². The van der Waals surface area contributed by atoms with Crippen LogP contribution >= 0.6 is 11.3 Å². The quantitative estimate of drug-likeness (QED) is 0.735. The third-order valence-corrected chi connectivity index (χ3v) is 5.08. The van der Waals surface area contributed by atoms with Gasteiger partial charge in [-0.2, -0.15) is 5.10 Å². The highest BCUT2D eigenvalue weighted by Gasteiger charge is 2.14. The van der Waals surface area contributed by atoms with Crippen molar-refractivity contribution in [2.24, 2.45) is 0 Å². The molecule has 0 unspecified atom stereocenters. The van der Waals surface area contributed by atoms with Crippen molar-refractivity contribution in [1.82, 2.24) is 14.8 Å². The van der Waals surface area contributed by atoms with E-state index in [2.05, 4.69) is 20.3 Å². The maximum absolute atomic E-state index is 12.3. The summed E-state index contributed by atoms with van der Waals surface area (Å²) in [6, 6.07) is 9.02. The fourth-order valence-electron chi connectivity index (χ4n) is 3.14. The highest BCUT2D eigenvalue weighted by atomic mass is 32.1. The number of nitrogens with one attached hydrogen (secondary N) is 1. The molecule has 4 rings (SSSR count). The van der Waals surface area contributed by atoms with Crippen molar-refractivity contribution in [3.05, 3.63) is 57.8 Å². The van der Waals surface area contributed by atoms with Crippen molar-refractivity contribution in [3.63, 3.8) is 0 Å². The van der Waals surface area contributed by atoms with Crippen molar-refractivity contribution >= 4 is 28.6 Å². The average Bonchev–Trinajstić information content (AvgIpc) is 3.38. The Hall–Kier alpha value is -3.00. The lowest BCUT2D eigenvalue weighted by Gasteiger charge is -2.17. The molecule has 1 aliphatic rings. The van der Waals surface area contributed by atoms with E-state index in [1.165, 1.54) is 16.0 Å². The van der Waals surface area contributed by atoms with E-state index in [4.69, 9.17) is 0 Å². The topological polar surface area (TPSA) is 80.1 Å². The van der Waals surface area contributed by atoms with Gasteiger partial charge in [0.25, 0.3) is 5.56 Å². The largest absolute Gasteiger partial charge is 0.370 e. The maximum atomic E-state index is 12.3. The Bertz CT molecular complexity index is 993. The average molecular weight is 381 g/mol. The molecule has 2 aromatic heterocycles. The Kier molecular flexibility index (Phi) is 4.97. The molecule has 0 saturated carbocycles. The molecular formula is C19H19N5O2S. The van der Waals surface area contributed by atoms with Gasteiger partial charge in [0.15, 0.2) is 0 Å². The number of amides is 1. The van der Waals surface area contributed by atoms with E-state index >= 15 is 0 Å². The smallest absolute Gasteiger partial charge is 0.269 e. The van der Waals surface area contributed by atoms with Crippen molar-refractivity contribution in [1.29, 1.82) is 0 Å². The molecule has 0 bridgehead atoms. The van der Waals surface area contributed by atoms with Gasteiger partial charge in [-0.25, -0.2) is 9.67 Å². The monoisotopic (exact) mass is 381 g/mol. The first-order chi connectivity index (χ1) is 13.2. The minimum Gasteiger partial charge on any atom is -0.370 e. The lowest BCUT2D eigenvalue weighted by molar-refractivity contribution is -0.117. The minimum absolute atomic E-state index is 0.125. The predicted octanol–water partition coefficient (Wildman–Crippen LogP) is 2.61. The van der Waals surface area contributed by atoms with Gasteiger partial charge in [0.1, 0.15) is 6.54 Å². The zero-order valence-electron chi connectivity index (χ0n) is 14.7. The number of aromatic nitrogens is 3. The molecule has 138 valence electrons. The summed E-state index contributed by atoms with van der Waals surface area (Å²) in [5.41, 5.74) is 4.78. The predicted molar refractivity (Wildman–Crippen MR) is 106 cm³/mol. The molecule has 0 spiro atoms. The number of anilines is 2. The molecule has 8 heteroatoms. The van der Waals surface area contributed by atoms with Crippen LogP contribution in [0.15, 0.2) is 52.2 Å². The van der Waals surface area contributed by atoms with Gasteiger partial charge in [-0.15, -0.1) is 11.3 Å². The van der Waals surface area contributed by atoms with Gasteiger partial charge in [0, 0.05) is 35.8 Å². The molecule has 1 fully saturated rings. The molecule has 27 heavy (non-hydrogen) atoms. The molecule has 1 amide bonds. The first kappa shape index (κ1) is 17.4. The third-order valence-electron chi connectivity index (χ3n) is 4.49. The Morgan fingerprint density at radius 1 is 1.22 bits per heavy atom. The van der Waals surface area contributed by atoms with E-state index in [0.29, 0.717) is 5.69 Å². The van der Waals surface area contributed by atoms with Crippen LogP contribution < -0.4 is 15.8 Å². The summed E-state index contributed by atoms with van der Waals surface area (Å²) in [7, 11) is 0. The number of carbonyl (C=O) groups excluding carboxylic acids is 1. The highest BCUT2D eigenvalue weighted by molar-refractivity contribution is 7.07. The minimum atomic E-state index is -0.297. The number of hydrogen-bond donors (Lipinski definition) is 1. The molecule has 1 N–H and O–H groups in total. The highest BCUT2D eigenvalue weighted by Crippen LogP contribution is 2.22. The maximum Gasteiger partial charge on any atom is 0.269 e. The summed E-state index contributed by atoms with van der Waals surface area (Å²) in [5, 5.41) is 8.92. The van der Waals surface area contributed by atoms with Gasteiger partial charge in [0.05, 0.1) is 23.1 Å². The Morgan fingerprint density at radius 2 is 2.07 bits per heavy atom. The number of hydrogen-bond acceptors (Lipinski definition) is 6. The molecule has 3 heterocycles. The van der Waals surface area contributed by atoms with E-state index in [-0.39, 0.29) is 18.0 Å². The van der Waals surface area contributed by atoms with Crippen LogP contribution in [0.1, 0.15) is 12.8 Å². The lowest BCUT2D eigenvalue weighted by atomic mass is 10.1. The van der Waals surface area contributed by atoms with Crippen LogP contribution in [-0.4, -0.2) is 33.8 Å². The van der Waals surface area contributed by atoms with Gasteiger partial charge >= 0.3 is 0 Å². The molecule has 1 saturated heterocycles. The molecule has 1 aliphatic heterocycles. The number of carbonyl (C=O) groups is 1. The van der Waals surface area contributed by atoms with E-state index in [1.807, 2.05) is 23.6 Å². The van der Waals surface area contributed by atoms with Gasteiger partial charge in [-0.3, -0.25) is 9.59 Å². The fraction of sp³-hybridized carbons (Fsp3) is 0.263. The van der Waals surface area contributed by atoms with Crippen LogP contribution in [-0.2, 0) is 11.3 Å². The van der Waals surface area contributed by atoms with Gasteiger partial charge in [-0.1, -0.05) is 12.1 Å². The van der Waals surface area contributed by atoms with Crippen LogP contribution in [0, 0.1) is 0 Å². The van der Waals surface area contributed by atoms with Crippen LogP contribution in [0.2, 0.25) is 0 Å². The molecule has 7 nitrogen and oxygen atoms in total. The van der Waals surface area contributed by atoms with Gasteiger partial charge in [0.2, 0.25) is 5.91 Å². The second-order valence-electron chi connectivity index (χ2n) is 6.41. The SMILES string of the molecule is O=C(Cn1ncc(N2CCCC2)cc1=O)Nc1cccc(-c2cscn2)c1. The molecular weight excluding hydrogens is 362 g/mol. The third kappa shape index (κ3) is 4.06. The van der Waals surface area contributed by atoms with Crippen LogP contribution in [0.3, 0.4) is 0 Å². The standard InChI is InChI=1S/C19H19N5O2S/c25-18(22-15-5-3-4-14(8-15)17-12-27-13-20-17)11-24-19(26)9-16(10-21-24)23-6-1-2-7-23/h3-5,8-10,12-13H,1-2,6-7,11H2,(H,22,25). The number of benzene rings is 1. The Morgan fingerprint density at radius 3 is 2.81 bits per heavy atom. The summed E-state index contributed by atoms with van der Waals surface area (Å²) in [5.74, 6) is -0.297. The summed E-state index contributed by atoms with van der Waals surface area (Å²) >= 11 is 1.52. The molecule has 1 aromatic carbocycles. The van der Waals surface area contributed by atoms with Crippen LogP contribution in [0.5, 0.6) is 0 Å². The molecule has 0 atom stereocenters. The Balaban J connectivity index is 1.44. The van der Waals surface area contributed by atoms with E-state index in [0.717, 1.165) is 42.9 Å². The van der Waals surface area contributed by atoms with Crippen molar-refractivity contribution in [2.45, 2.75) is 19.4 Å². The number of rotatable bonds is 5. The number of thiazole rings is 1. The summed E-state index contributed by atoms with van der Waals surface area (Å²) in [6.45, 7) is 1.77. The van der Waals surface area contributed by atoms with Crippen molar-refractivity contribution in [3.8, 4) is 11.3 Å². The van der Waals surface area contributed by atoms with Crippen LogP contribution in [0.4, 0.5) is 11.4 Å². The second kappa shape index (κ2) is 7.71. The zero-order valence-corrected chi connectivity index (χ0v) is 15.5. The first-order valence-corrected chi connectivity index (χ1v) is 9.74. The zero-order chi connectivity index (χ0) is 18.6. The summed E-state index contributed by atoms with van der Waals surface area (Å²) in [6.07, 6.45) is 3.92. The van der Waals surface area contributed by atoms with E-state index < -0.39 is 0 Å². The van der Waals surface area contributed by atoms with E-state index in [9.17, 15) is 9.59 Å². The van der Waals surface area contributed by atoms with Crippen molar-refractivity contribution in [2.75, 3.05) is 23.3 Å². The van der Waals surface area contributed by atoms with Gasteiger partial charge in [-0.05, 0) is 25.0 Å². The normalized spacial score (nSPS) is 13.7. The fourth-order valence-corrected chi connectivity index (χ4v) is 3.70. The van der Waals surface area contributed by atoms with Crippen molar-refractivity contribution < 1.29 is 4.79 Å². The lowest BCUT2D eigenvalue weighted by Crippen LogP contribution is -2.30. The summed E-state index contributed by atoms with van der Waals surface area (Å²) < 4.78 is 1.18. The van der Waals surface area contributed by atoms with Crippen LogP contribution in [0.25, 0.3) is 11.3 Å². The second-order valence-corrected chi connectivity index (χ2v) is 7.13. The molecule has 0 aliphatic carbocycles.